The number of hydrogen-bond acceptors (Lipinski definition) is 5. The van der Waals surface area contributed by atoms with Crippen molar-refractivity contribution in [3.05, 3.63) is 77.2 Å². The topological polar surface area (TPSA) is 97.6 Å². The summed E-state index contributed by atoms with van der Waals surface area (Å²) in [7, 11) is -3.91. The summed E-state index contributed by atoms with van der Waals surface area (Å²) < 4.78 is 38.5. The lowest BCUT2D eigenvalue weighted by Crippen LogP contribution is -2.26. The molecule has 1 heterocycles. The maximum Gasteiger partial charge on any atom is 0.261 e. The predicted octanol–water partition coefficient (Wildman–Crippen LogP) is 4.11. The van der Waals surface area contributed by atoms with Crippen LogP contribution in [0.15, 0.2) is 70.2 Å². The zero-order valence-corrected chi connectivity index (χ0v) is 17.8. The van der Waals surface area contributed by atoms with Crippen LogP contribution in [0.25, 0.3) is 0 Å². The van der Waals surface area contributed by atoms with Crippen molar-refractivity contribution in [2.24, 2.45) is 0 Å². The number of nitrogens with one attached hydrogen (secondary N) is 2. The summed E-state index contributed by atoms with van der Waals surface area (Å²) in [5.41, 5.74) is 0.448. The van der Waals surface area contributed by atoms with Crippen LogP contribution in [0.4, 0.5) is 5.69 Å². The molecule has 0 saturated heterocycles. The third-order valence-electron chi connectivity index (χ3n) is 4.15. The third kappa shape index (κ3) is 5.55. The van der Waals surface area contributed by atoms with Gasteiger partial charge in [-0.1, -0.05) is 11.6 Å². The monoisotopic (exact) mass is 448 g/mol. The molecule has 1 aromatic heterocycles. The van der Waals surface area contributed by atoms with Crippen molar-refractivity contribution >= 4 is 33.2 Å². The molecule has 0 bridgehead atoms. The first-order valence-electron chi connectivity index (χ1n) is 9.25. The first kappa shape index (κ1) is 21.7. The van der Waals surface area contributed by atoms with Gasteiger partial charge in [0, 0.05) is 18.7 Å². The number of anilines is 1. The summed E-state index contributed by atoms with van der Waals surface area (Å²) in [4.78, 5) is 12.4. The van der Waals surface area contributed by atoms with E-state index in [-0.39, 0.29) is 15.5 Å². The molecule has 9 heteroatoms. The van der Waals surface area contributed by atoms with Crippen LogP contribution in [-0.2, 0) is 16.4 Å². The predicted molar refractivity (Wildman–Crippen MR) is 115 cm³/mol. The van der Waals surface area contributed by atoms with Crippen molar-refractivity contribution < 1.29 is 22.4 Å². The SMILES string of the molecule is CCOc1ccc(NS(=O)(=O)c2ccc(Cl)c(C(=O)NCCc3ccco3)c2)cc1. The van der Waals surface area contributed by atoms with Crippen molar-refractivity contribution in [2.75, 3.05) is 17.9 Å². The Hall–Kier alpha value is -2.97. The lowest BCUT2D eigenvalue weighted by atomic mass is 10.2. The Morgan fingerprint density at radius 2 is 1.90 bits per heavy atom. The van der Waals surface area contributed by atoms with Crippen molar-refractivity contribution in [3.63, 3.8) is 0 Å². The second-order valence-corrected chi connectivity index (χ2v) is 8.38. The second kappa shape index (κ2) is 9.69. The van der Waals surface area contributed by atoms with E-state index >= 15 is 0 Å². The van der Waals surface area contributed by atoms with Crippen LogP contribution in [0.3, 0.4) is 0 Å². The molecule has 1 amide bonds. The number of benzene rings is 2. The molecular formula is C21H21ClN2O5S. The van der Waals surface area contributed by atoms with E-state index in [1.807, 2.05) is 6.92 Å². The molecule has 0 spiro atoms. The van der Waals surface area contributed by atoms with Gasteiger partial charge in [0.2, 0.25) is 0 Å². The molecule has 3 rings (SSSR count). The molecule has 30 heavy (non-hydrogen) atoms. The van der Waals surface area contributed by atoms with E-state index in [4.69, 9.17) is 20.8 Å². The quantitative estimate of drug-likeness (QED) is 0.513. The summed E-state index contributed by atoms with van der Waals surface area (Å²) in [6.07, 6.45) is 2.06. The summed E-state index contributed by atoms with van der Waals surface area (Å²) >= 11 is 6.12. The van der Waals surface area contributed by atoms with Gasteiger partial charge in [-0.3, -0.25) is 9.52 Å². The van der Waals surface area contributed by atoms with Crippen molar-refractivity contribution in [1.82, 2.24) is 5.32 Å². The van der Waals surface area contributed by atoms with Gasteiger partial charge >= 0.3 is 0 Å². The Morgan fingerprint density at radius 3 is 2.57 bits per heavy atom. The highest BCUT2D eigenvalue weighted by Gasteiger charge is 2.19. The highest BCUT2D eigenvalue weighted by atomic mass is 35.5. The van der Waals surface area contributed by atoms with Crippen LogP contribution in [0.5, 0.6) is 5.75 Å². The fourth-order valence-electron chi connectivity index (χ4n) is 2.69. The van der Waals surface area contributed by atoms with Gasteiger partial charge in [0.1, 0.15) is 11.5 Å². The van der Waals surface area contributed by atoms with Gasteiger partial charge in [0.25, 0.3) is 15.9 Å². The van der Waals surface area contributed by atoms with Crippen LogP contribution in [-0.4, -0.2) is 27.5 Å². The molecule has 0 fully saturated rings. The molecule has 0 aliphatic rings. The smallest absolute Gasteiger partial charge is 0.261 e. The summed E-state index contributed by atoms with van der Waals surface area (Å²) in [5, 5.41) is 2.87. The minimum atomic E-state index is -3.91. The fourth-order valence-corrected chi connectivity index (χ4v) is 3.98. The van der Waals surface area contributed by atoms with Gasteiger partial charge in [-0.25, -0.2) is 8.42 Å². The van der Waals surface area contributed by atoms with Crippen LogP contribution in [0, 0.1) is 0 Å². The molecule has 158 valence electrons. The number of halogens is 1. The maximum atomic E-state index is 12.7. The zero-order chi connectivity index (χ0) is 21.6. The number of amides is 1. The standard InChI is InChI=1S/C21H21ClN2O5S/c1-2-28-17-7-5-15(6-8-17)24-30(26,27)18-9-10-20(22)19(14-18)21(25)23-12-11-16-4-3-13-29-16/h3-10,13-14,24H,2,11-12H2,1H3,(H,23,25). The summed E-state index contributed by atoms with van der Waals surface area (Å²) in [6, 6.07) is 14.1. The minimum Gasteiger partial charge on any atom is -0.494 e. The Balaban J connectivity index is 1.71. The van der Waals surface area contributed by atoms with Gasteiger partial charge in [0.05, 0.1) is 28.4 Å². The summed E-state index contributed by atoms with van der Waals surface area (Å²) in [6.45, 7) is 2.70. The van der Waals surface area contributed by atoms with E-state index in [0.29, 0.717) is 31.0 Å². The van der Waals surface area contributed by atoms with Gasteiger partial charge in [-0.15, -0.1) is 0 Å². The average Bonchev–Trinajstić information content (AvgIpc) is 3.23. The minimum absolute atomic E-state index is 0.0723. The Bertz CT molecular complexity index is 1100. The van der Waals surface area contributed by atoms with Gasteiger partial charge < -0.3 is 14.5 Å². The van der Waals surface area contributed by atoms with E-state index in [1.165, 1.54) is 18.2 Å². The van der Waals surface area contributed by atoms with Gasteiger partial charge in [-0.2, -0.15) is 0 Å². The molecule has 0 saturated carbocycles. The average molecular weight is 449 g/mol. The molecular weight excluding hydrogens is 428 g/mol. The second-order valence-electron chi connectivity index (χ2n) is 6.29. The van der Waals surface area contributed by atoms with Crippen LogP contribution >= 0.6 is 11.6 Å². The van der Waals surface area contributed by atoms with Crippen LogP contribution < -0.4 is 14.8 Å². The first-order valence-corrected chi connectivity index (χ1v) is 11.1. The number of hydrogen-bond donors (Lipinski definition) is 2. The molecule has 3 aromatic rings. The lowest BCUT2D eigenvalue weighted by Gasteiger charge is -2.11. The van der Waals surface area contributed by atoms with Crippen LogP contribution in [0.1, 0.15) is 23.0 Å². The number of carbonyl (C=O) groups excluding carboxylic acids is 1. The van der Waals surface area contributed by atoms with E-state index < -0.39 is 15.9 Å². The molecule has 0 unspecified atom stereocenters. The van der Waals surface area contributed by atoms with E-state index in [0.717, 1.165) is 5.76 Å². The molecule has 0 aliphatic carbocycles. The largest absolute Gasteiger partial charge is 0.494 e. The van der Waals surface area contributed by atoms with Crippen molar-refractivity contribution in [2.45, 2.75) is 18.2 Å². The molecule has 2 aromatic carbocycles. The number of rotatable bonds is 9. The van der Waals surface area contributed by atoms with E-state index in [9.17, 15) is 13.2 Å². The van der Waals surface area contributed by atoms with Gasteiger partial charge in [0.15, 0.2) is 0 Å². The third-order valence-corrected chi connectivity index (χ3v) is 5.86. The molecule has 7 nitrogen and oxygen atoms in total. The number of carbonyl (C=O) groups is 1. The Morgan fingerprint density at radius 1 is 1.13 bits per heavy atom. The molecule has 0 aliphatic heterocycles. The highest BCUT2D eigenvalue weighted by molar-refractivity contribution is 7.92. The van der Waals surface area contributed by atoms with Crippen molar-refractivity contribution in [1.29, 1.82) is 0 Å². The van der Waals surface area contributed by atoms with E-state index in [2.05, 4.69) is 10.0 Å². The Labute approximate surface area is 180 Å². The van der Waals surface area contributed by atoms with Crippen LogP contribution in [0.2, 0.25) is 5.02 Å². The maximum absolute atomic E-state index is 12.7. The molecule has 0 atom stereocenters. The number of ether oxygens (including phenoxy) is 1. The Kier molecular flexibility index (Phi) is 7.02. The lowest BCUT2D eigenvalue weighted by molar-refractivity contribution is 0.0953. The molecule has 2 N–H and O–H groups in total. The number of sulfonamides is 1. The van der Waals surface area contributed by atoms with Gasteiger partial charge in [-0.05, 0) is 61.5 Å². The first-order chi connectivity index (χ1) is 14.4. The molecule has 0 radical (unpaired) electrons. The van der Waals surface area contributed by atoms with E-state index in [1.54, 1.807) is 42.7 Å². The fraction of sp³-hybridized carbons (Fsp3) is 0.190. The number of furan rings is 1. The summed E-state index contributed by atoms with van der Waals surface area (Å²) in [5.74, 6) is 0.905. The zero-order valence-electron chi connectivity index (χ0n) is 16.2. The van der Waals surface area contributed by atoms with Crippen molar-refractivity contribution in [3.8, 4) is 5.75 Å². The normalized spacial score (nSPS) is 11.1. The highest BCUT2D eigenvalue weighted by Crippen LogP contribution is 2.23.